The number of carbonyl (C=O) groups is 1. The highest BCUT2D eigenvalue weighted by molar-refractivity contribution is 7.88. The van der Waals surface area contributed by atoms with Crippen molar-refractivity contribution in [3.8, 4) is 0 Å². The number of sulfonamides is 1. The molecule has 2 N–H and O–H groups in total. The first-order chi connectivity index (χ1) is 8.93. The zero-order valence-electron chi connectivity index (χ0n) is 11.8. The molecule has 1 saturated heterocycles. The van der Waals surface area contributed by atoms with Crippen LogP contribution in [0.3, 0.4) is 0 Å². The second-order valence-electron chi connectivity index (χ2n) is 5.04. The summed E-state index contributed by atoms with van der Waals surface area (Å²) in [6, 6.07) is -0.0712. The first-order valence-corrected chi connectivity index (χ1v) is 8.77. The van der Waals surface area contributed by atoms with E-state index in [-0.39, 0.29) is 12.1 Å². The minimum atomic E-state index is -3.09. The van der Waals surface area contributed by atoms with Gasteiger partial charge in [-0.3, -0.25) is 0 Å². The van der Waals surface area contributed by atoms with Crippen molar-refractivity contribution in [2.24, 2.45) is 0 Å². The van der Waals surface area contributed by atoms with Crippen molar-refractivity contribution in [2.45, 2.75) is 45.1 Å². The Morgan fingerprint density at radius 2 is 1.89 bits per heavy atom. The summed E-state index contributed by atoms with van der Waals surface area (Å²) >= 11 is 0. The number of hydrogen-bond donors (Lipinski definition) is 2. The molecule has 0 aromatic heterocycles. The van der Waals surface area contributed by atoms with E-state index in [0.717, 1.165) is 19.3 Å². The maximum Gasteiger partial charge on any atom is 0.315 e. The summed E-state index contributed by atoms with van der Waals surface area (Å²) in [5.41, 5.74) is 0. The van der Waals surface area contributed by atoms with Crippen LogP contribution in [-0.2, 0) is 10.0 Å². The highest BCUT2D eigenvalue weighted by Crippen LogP contribution is 2.12. The number of carbonyl (C=O) groups excluding carboxylic acids is 1. The van der Waals surface area contributed by atoms with Gasteiger partial charge in [0.25, 0.3) is 0 Å². The first kappa shape index (κ1) is 16.2. The quantitative estimate of drug-likeness (QED) is 0.714. The van der Waals surface area contributed by atoms with Crippen LogP contribution in [0.2, 0.25) is 0 Å². The van der Waals surface area contributed by atoms with Crippen LogP contribution < -0.4 is 10.6 Å². The molecule has 1 fully saturated rings. The Labute approximate surface area is 116 Å². The van der Waals surface area contributed by atoms with E-state index in [9.17, 15) is 13.2 Å². The molecule has 2 amide bonds. The summed E-state index contributed by atoms with van der Waals surface area (Å²) in [5.74, 6) is 0. The molecule has 1 heterocycles. The molecule has 0 radical (unpaired) electrons. The van der Waals surface area contributed by atoms with Crippen molar-refractivity contribution in [3.63, 3.8) is 0 Å². The van der Waals surface area contributed by atoms with Crippen molar-refractivity contribution >= 4 is 16.1 Å². The number of unbranched alkanes of at least 4 members (excludes halogenated alkanes) is 2. The predicted octanol–water partition coefficient (Wildman–Crippen LogP) is 0.900. The molecule has 0 atom stereocenters. The Hall–Kier alpha value is -0.820. The van der Waals surface area contributed by atoms with E-state index in [1.54, 1.807) is 0 Å². The van der Waals surface area contributed by atoms with E-state index < -0.39 is 10.0 Å². The summed E-state index contributed by atoms with van der Waals surface area (Å²) in [7, 11) is -3.09. The first-order valence-electron chi connectivity index (χ1n) is 6.93. The fraction of sp³-hybridized carbons (Fsp3) is 0.917. The van der Waals surface area contributed by atoms with Gasteiger partial charge in [0, 0.05) is 25.7 Å². The average molecular weight is 291 g/mol. The van der Waals surface area contributed by atoms with Crippen LogP contribution in [0.5, 0.6) is 0 Å². The number of nitrogens with one attached hydrogen (secondary N) is 2. The molecule has 1 aliphatic heterocycles. The maximum absolute atomic E-state index is 11.6. The largest absolute Gasteiger partial charge is 0.338 e. The smallest absolute Gasteiger partial charge is 0.315 e. The van der Waals surface area contributed by atoms with Crippen molar-refractivity contribution < 1.29 is 13.2 Å². The van der Waals surface area contributed by atoms with Crippen molar-refractivity contribution in [2.75, 3.05) is 25.9 Å². The second-order valence-corrected chi connectivity index (χ2v) is 7.03. The zero-order valence-corrected chi connectivity index (χ0v) is 12.6. The van der Waals surface area contributed by atoms with Gasteiger partial charge >= 0.3 is 6.03 Å². The molecule has 0 spiro atoms. The summed E-state index contributed by atoms with van der Waals surface area (Å²) in [4.78, 5) is 11.6. The van der Waals surface area contributed by atoms with Gasteiger partial charge in [-0.05, 0) is 19.3 Å². The van der Waals surface area contributed by atoms with Gasteiger partial charge in [0.2, 0.25) is 10.0 Å². The number of nitrogens with zero attached hydrogens (tertiary/aromatic N) is 1. The number of piperidine rings is 1. The van der Waals surface area contributed by atoms with Crippen LogP contribution in [0, 0.1) is 0 Å². The molecule has 19 heavy (non-hydrogen) atoms. The lowest BCUT2D eigenvalue weighted by Crippen LogP contribution is -2.49. The Morgan fingerprint density at radius 3 is 2.42 bits per heavy atom. The third-order valence-corrected chi connectivity index (χ3v) is 4.63. The lowest BCUT2D eigenvalue weighted by atomic mass is 10.1. The Balaban J connectivity index is 2.20. The molecular weight excluding hydrogens is 266 g/mol. The van der Waals surface area contributed by atoms with Crippen LogP contribution in [0.15, 0.2) is 0 Å². The molecule has 7 heteroatoms. The summed E-state index contributed by atoms with van der Waals surface area (Å²) < 4.78 is 24.2. The van der Waals surface area contributed by atoms with E-state index in [4.69, 9.17) is 0 Å². The summed E-state index contributed by atoms with van der Waals surface area (Å²) in [6.45, 7) is 3.79. The van der Waals surface area contributed by atoms with Crippen LogP contribution in [0.1, 0.15) is 39.0 Å². The van der Waals surface area contributed by atoms with Crippen molar-refractivity contribution in [1.29, 1.82) is 0 Å². The van der Waals surface area contributed by atoms with Gasteiger partial charge < -0.3 is 10.6 Å². The topological polar surface area (TPSA) is 78.5 Å². The molecule has 1 rings (SSSR count). The van der Waals surface area contributed by atoms with Crippen molar-refractivity contribution in [1.82, 2.24) is 14.9 Å². The molecule has 112 valence electrons. The normalized spacial score (nSPS) is 18.2. The van der Waals surface area contributed by atoms with E-state index >= 15 is 0 Å². The average Bonchev–Trinajstić information content (AvgIpc) is 2.34. The van der Waals surface area contributed by atoms with Gasteiger partial charge in [0.1, 0.15) is 0 Å². The van der Waals surface area contributed by atoms with E-state index in [1.165, 1.54) is 10.6 Å². The molecule has 0 saturated carbocycles. The van der Waals surface area contributed by atoms with Crippen molar-refractivity contribution in [3.05, 3.63) is 0 Å². The monoisotopic (exact) mass is 291 g/mol. The molecule has 0 aliphatic carbocycles. The SMILES string of the molecule is CCCCCNC(=O)NC1CCN(S(C)(=O)=O)CC1. The van der Waals surface area contributed by atoms with Gasteiger partial charge in [-0.2, -0.15) is 0 Å². The van der Waals surface area contributed by atoms with Crippen LogP contribution >= 0.6 is 0 Å². The third-order valence-electron chi connectivity index (χ3n) is 3.32. The fourth-order valence-electron chi connectivity index (χ4n) is 2.15. The number of hydrogen-bond acceptors (Lipinski definition) is 3. The van der Waals surface area contributed by atoms with Crippen LogP contribution in [0.4, 0.5) is 4.79 Å². The molecule has 0 aromatic carbocycles. The zero-order chi connectivity index (χ0) is 14.3. The third kappa shape index (κ3) is 6.24. The number of urea groups is 1. The second kappa shape index (κ2) is 7.69. The molecule has 1 aliphatic rings. The van der Waals surface area contributed by atoms with Crippen LogP contribution in [-0.4, -0.2) is 50.7 Å². The summed E-state index contributed by atoms with van der Waals surface area (Å²) in [5, 5.41) is 5.72. The van der Waals surface area contributed by atoms with Gasteiger partial charge in [-0.25, -0.2) is 17.5 Å². The minimum absolute atomic E-state index is 0.0733. The number of rotatable bonds is 6. The Kier molecular flexibility index (Phi) is 6.57. The number of amides is 2. The fourth-order valence-corrected chi connectivity index (χ4v) is 3.02. The predicted molar refractivity (Wildman–Crippen MR) is 75.5 cm³/mol. The van der Waals surface area contributed by atoms with E-state index in [2.05, 4.69) is 17.6 Å². The lowest BCUT2D eigenvalue weighted by Gasteiger charge is -2.30. The Bertz CT molecular complexity index is 376. The van der Waals surface area contributed by atoms with Gasteiger partial charge in [0.15, 0.2) is 0 Å². The van der Waals surface area contributed by atoms with Gasteiger partial charge in [-0.1, -0.05) is 19.8 Å². The highest BCUT2D eigenvalue weighted by Gasteiger charge is 2.25. The standard InChI is InChI=1S/C12H25N3O3S/c1-3-4-5-8-13-12(16)14-11-6-9-15(10-7-11)19(2,17)18/h11H,3-10H2,1-2H3,(H2,13,14,16). The minimum Gasteiger partial charge on any atom is -0.338 e. The van der Waals surface area contributed by atoms with Gasteiger partial charge in [-0.15, -0.1) is 0 Å². The molecule has 0 bridgehead atoms. The van der Waals surface area contributed by atoms with Gasteiger partial charge in [0.05, 0.1) is 6.26 Å². The summed E-state index contributed by atoms with van der Waals surface area (Å²) in [6.07, 6.45) is 5.82. The highest BCUT2D eigenvalue weighted by atomic mass is 32.2. The maximum atomic E-state index is 11.6. The van der Waals surface area contributed by atoms with E-state index in [0.29, 0.717) is 32.5 Å². The lowest BCUT2D eigenvalue weighted by molar-refractivity contribution is 0.227. The molecule has 0 aromatic rings. The molecule has 0 unspecified atom stereocenters. The molecule has 6 nitrogen and oxygen atoms in total. The molecular formula is C12H25N3O3S. The Morgan fingerprint density at radius 1 is 1.26 bits per heavy atom. The van der Waals surface area contributed by atoms with Crippen LogP contribution in [0.25, 0.3) is 0 Å². The van der Waals surface area contributed by atoms with E-state index in [1.807, 2.05) is 0 Å².